The van der Waals surface area contributed by atoms with Gasteiger partial charge in [0, 0.05) is 36.5 Å². The molecule has 1 aromatic carbocycles. The molecule has 2 N–H and O–H groups in total. The summed E-state index contributed by atoms with van der Waals surface area (Å²) in [6, 6.07) is 3.12. The van der Waals surface area contributed by atoms with Crippen LogP contribution in [-0.2, 0) is 11.2 Å². The first-order chi connectivity index (χ1) is 12.6. The molecule has 2 heterocycles. The maximum Gasteiger partial charge on any atom is 0.243 e. The molecule has 0 spiro atoms. The van der Waals surface area contributed by atoms with Crippen molar-refractivity contribution in [1.29, 1.82) is 0 Å². The van der Waals surface area contributed by atoms with Gasteiger partial charge >= 0.3 is 0 Å². The van der Waals surface area contributed by atoms with E-state index in [0.29, 0.717) is 23.8 Å². The van der Waals surface area contributed by atoms with E-state index in [-0.39, 0.29) is 23.8 Å². The van der Waals surface area contributed by atoms with Crippen LogP contribution in [0.25, 0.3) is 0 Å². The molecule has 1 saturated carbocycles. The number of hydrogen-bond acceptors (Lipinski definition) is 3. The van der Waals surface area contributed by atoms with Crippen molar-refractivity contribution in [3.05, 3.63) is 29.1 Å². The van der Waals surface area contributed by atoms with Crippen LogP contribution in [0.3, 0.4) is 0 Å². The van der Waals surface area contributed by atoms with E-state index in [1.807, 2.05) is 6.92 Å². The fourth-order valence-electron chi connectivity index (χ4n) is 4.84. The fraction of sp³-hybridized carbons (Fsp3) is 0.619. The minimum atomic E-state index is -0.364. The average Bonchev–Trinajstić information content (AvgIpc) is 3.13. The van der Waals surface area contributed by atoms with Crippen LogP contribution in [0.5, 0.6) is 0 Å². The Labute approximate surface area is 154 Å². The molecular weight excluding hydrogens is 329 g/mol. The minimum absolute atomic E-state index is 0.00274. The number of aryl methyl sites for hydroxylation is 1. The van der Waals surface area contributed by atoms with Crippen LogP contribution in [0.2, 0.25) is 0 Å². The summed E-state index contributed by atoms with van der Waals surface area (Å²) in [5, 5.41) is 6.47. The molecule has 3 aliphatic rings. The summed E-state index contributed by atoms with van der Waals surface area (Å²) < 4.78 is 14.0. The van der Waals surface area contributed by atoms with Crippen LogP contribution in [0, 0.1) is 24.6 Å². The first-order valence-electron chi connectivity index (χ1n) is 9.96. The Hall–Kier alpha value is -1.91. The molecule has 5 heteroatoms. The second-order valence-corrected chi connectivity index (χ2v) is 8.11. The van der Waals surface area contributed by atoms with Crippen molar-refractivity contribution < 1.29 is 9.18 Å². The highest BCUT2D eigenvalue weighted by Crippen LogP contribution is 2.34. The van der Waals surface area contributed by atoms with E-state index in [4.69, 9.17) is 0 Å². The Balaban J connectivity index is 1.36. The number of anilines is 1. The number of nitrogens with zero attached hydrogens (tertiary/aromatic N) is 1. The number of aliphatic imine (C=N–C) groups is 1. The molecule has 1 aliphatic carbocycles. The van der Waals surface area contributed by atoms with Crippen molar-refractivity contribution in [3.8, 4) is 0 Å². The van der Waals surface area contributed by atoms with Gasteiger partial charge in [0.25, 0.3) is 0 Å². The number of rotatable bonds is 3. The predicted octanol–water partition coefficient (Wildman–Crippen LogP) is 3.63. The largest absolute Gasteiger partial charge is 0.373 e. The molecule has 4 atom stereocenters. The molecule has 1 fully saturated rings. The van der Waals surface area contributed by atoms with E-state index in [9.17, 15) is 9.18 Å². The number of fused-ring (bicyclic) bond motifs is 1. The summed E-state index contributed by atoms with van der Waals surface area (Å²) in [5.74, 6) is 0.992. The van der Waals surface area contributed by atoms with Crippen molar-refractivity contribution in [2.24, 2.45) is 16.8 Å². The average molecular weight is 357 g/mol. The Morgan fingerprint density at radius 2 is 2.15 bits per heavy atom. The van der Waals surface area contributed by atoms with Crippen LogP contribution in [0.4, 0.5) is 10.1 Å². The van der Waals surface area contributed by atoms with E-state index in [0.717, 1.165) is 37.1 Å². The zero-order chi connectivity index (χ0) is 18.1. The van der Waals surface area contributed by atoms with Gasteiger partial charge in [-0.2, -0.15) is 0 Å². The molecule has 0 bridgehead atoms. The van der Waals surface area contributed by atoms with E-state index < -0.39 is 0 Å². The highest BCUT2D eigenvalue weighted by atomic mass is 19.1. The van der Waals surface area contributed by atoms with Gasteiger partial charge in [0.05, 0.1) is 0 Å². The van der Waals surface area contributed by atoms with Crippen LogP contribution >= 0.6 is 0 Å². The summed E-state index contributed by atoms with van der Waals surface area (Å²) in [5.41, 5.74) is 2.43. The standard InChI is InChI=1S/C21H28FN3O/c1-13-7-8-18(22)17-11-19(25-20(13)17)21(26)24-16-6-2-4-14(10-16)15-5-3-9-23-12-15/h7-8,12,14-16,19,25H,2-6,9-11H2,1H3,(H,24,26)/t14-,15?,16-,19?/m0/s1. The van der Waals surface area contributed by atoms with E-state index in [1.165, 1.54) is 25.3 Å². The Morgan fingerprint density at radius 1 is 1.27 bits per heavy atom. The Bertz CT molecular complexity index is 686. The molecule has 4 nitrogen and oxygen atoms in total. The topological polar surface area (TPSA) is 53.5 Å². The predicted molar refractivity (Wildman–Crippen MR) is 102 cm³/mol. The normalized spacial score (nSPS) is 30.5. The Kier molecular flexibility index (Phi) is 4.96. The molecule has 2 unspecified atom stereocenters. The Morgan fingerprint density at radius 3 is 2.92 bits per heavy atom. The van der Waals surface area contributed by atoms with Gasteiger partial charge in [-0.1, -0.05) is 12.5 Å². The molecule has 4 rings (SSSR count). The smallest absolute Gasteiger partial charge is 0.243 e. The summed E-state index contributed by atoms with van der Waals surface area (Å²) in [6.45, 7) is 2.91. The number of halogens is 1. The lowest BCUT2D eigenvalue weighted by Crippen LogP contribution is -2.46. The maximum atomic E-state index is 14.0. The van der Waals surface area contributed by atoms with Gasteiger partial charge in [0.1, 0.15) is 11.9 Å². The van der Waals surface area contributed by atoms with Crippen molar-refractivity contribution in [1.82, 2.24) is 5.32 Å². The van der Waals surface area contributed by atoms with E-state index in [2.05, 4.69) is 21.8 Å². The third-order valence-electron chi connectivity index (χ3n) is 6.30. The number of carbonyl (C=O) groups is 1. The first kappa shape index (κ1) is 17.5. The van der Waals surface area contributed by atoms with Crippen LogP contribution in [0.15, 0.2) is 17.1 Å². The second kappa shape index (κ2) is 7.37. The van der Waals surface area contributed by atoms with E-state index >= 15 is 0 Å². The molecule has 1 aromatic rings. The zero-order valence-electron chi connectivity index (χ0n) is 15.4. The third kappa shape index (κ3) is 3.49. The van der Waals surface area contributed by atoms with Crippen molar-refractivity contribution in [2.75, 3.05) is 11.9 Å². The zero-order valence-corrected chi connectivity index (χ0v) is 15.4. The fourth-order valence-corrected chi connectivity index (χ4v) is 4.84. The van der Waals surface area contributed by atoms with Crippen LogP contribution < -0.4 is 10.6 Å². The van der Waals surface area contributed by atoms with Crippen LogP contribution in [-0.4, -0.2) is 30.8 Å². The SMILES string of the molecule is Cc1ccc(F)c2c1NC(C(=O)N[C@H]1CCC[C@H](C3C=NCCC3)C1)C2. The monoisotopic (exact) mass is 357 g/mol. The highest BCUT2D eigenvalue weighted by Gasteiger charge is 2.33. The van der Waals surface area contributed by atoms with Gasteiger partial charge in [-0.05, 0) is 62.5 Å². The quantitative estimate of drug-likeness (QED) is 0.868. The number of benzene rings is 1. The number of amides is 1. The lowest BCUT2D eigenvalue weighted by Gasteiger charge is -2.34. The van der Waals surface area contributed by atoms with Gasteiger partial charge in [-0.3, -0.25) is 9.79 Å². The summed E-state index contributed by atoms with van der Waals surface area (Å²) in [4.78, 5) is 17.2. The van der Waals surface area contributed by atoms with Gasteiger partial charge in [0.2, 0.25) is 5.91 Å². The molecule has 0 radical (unpaired) electrons. The molecule has 0 saturated heterocycles. The maximum absolute atomic E-state index is 14.0. The molecule has 140 valence electrons. The lowest BCUT2D eigenvalue weighted by molar-refractivity contribution is -0.122. The third-order valence-corrected chi connectivity index (χ3v) is 6.30. The van der Waals surface area contributed by atoms with Crippen molar-refractivity contribution in [3.63, 3.8) is 0 Å². The number of carbonyl (C=O) groups excluding carboxylic acids is 1. The van der Waals surface area contributed by atoms with Crippen LogP contribution in [0.1, 0.15) is 49.7 Å². The first-order valence-corrected chi connectivity index (χ1v) is 9.96. The van der Waals surface area contributed by atoms with E-state index in [1.54, 1.807) is 6.07 Å². The molecular formula is C21H28FN3O. The molecule has 0 aromatic heterocycles. The van der Waals surface area contributed by atoms with Gasteiger partial charge in [0.15, 0.2) is 0 Å². The van der Waals surface area contributed by atoms with Crippen molar-refractivity contribution in [2.45, 2.75) is 64.0 Å². The van der Waals surface area contributed by atoms with Gasteiger partial charge in [-0.25, -0.2) is 4.39 Å². The minimum Gasteiger partial charge on any atom is -0.373 e. The van der Waals surface area contributed by atoms with Gasteiger partial charge < -0.3 is 10.6 Å². The molecule has 26 heavy (non-hydrogen) atoms. The lowest BCUT2D eigenvalue weighted by atomic mass is 9.76. The highest BCUT2D eigenvalue weighted by molar-refractivity contribution is 5.88. The molecule has 1 amide bonds. The van der Waals surface area contributed by atoms with Crippen molar-refractivity contribution >= 4 is 17.8 Å². The van der Waals surface area contributed by atoms with Gasteiger partial charge in [-0.15, -0.1) is 0 Å². The molecule has 2 aliphatic heterocycles. The second-order valence-electron chi connectivity index (χ2n) is 8.11. The number of hydrogen-bond donors (Lipinski definition) is 2. The summed E-state index contributed by atoms with van der Waals surface area (Å²) in [7, 11) is 0. The summed E-state index contributed by atoms with van der Waals surface area (Å²) in [6.07, 6.45) is 9.47. The summed E-state index contributed by atoms with van der Waals surface area (Å²) >= 11 is 0. The number of nitrogens with one attached hydrogen (secondary N) is 2.